The lowest BCUT2D eigenvalue weighted by molar-refractivity contribution is -0.125. The standard InChI is InChI=1S/C21H28N2O2/c24-20(22-18-12-13-18)19-7-4-14-23(19)21(25)17-10-8-16(9-11-17)15-5-2-1-3-6-15/h8-11,15,18-19H,1-7,12-14H2,(H,22,24). The maximum Gasteiger partial charge on any atom is 0.254 e. The van der Waals surface area contributed by atoms with Crippen molar-refractivity contribution in [2.75, 3.05) is 6.54 Å². The number of carbonyl (C=O) groups is 2. The molecule has 2 saturated carbocycles. The number of nitrogens with one attached hydrogen (secondary N) is 1. The molecule has 1 N–H and O–H groups in total. The highest BCUT2D eigenvalue weighted by Gasteiger charge is 2.36. The van der Waals surface area contributed by atoms with Gasteiger partial charge in [-0.2, -0.15) is 0 Å². The average Bonchev–Trinajstić information content (AvgIpc) is 3.33. The van der Waals surface area contributed by atoms with Gasteiger partial charge in [0.1, 0.15) is 6.04 Å². The van der Waals surface area contributed by atoms with E-state index < -0.39 is 0 Å². The minimum absolute atomic E-state index is 0.00337. The Hall–Kier alpha value is -1.84. The second-order valence-electron chi connectivity index (χ2n) is 7.90. The van der Waals surface area contributed by atoms with Crippen molar-refractivity contribution in [3.8, 4) is 0 Å². The summed E-state index contributed by atoms with van der Waals surface area (Å²) in [6.45, 7) is 0.686. The van der Waals surface area contributed by atoms with E-state index >= 15 is 0 Å². The molecule has 1 unspecified atom stereocenters. The summed E-state index contributed by atoms with van der Waals surface area (Å²) in [6.07, 6.45) is 10.4. The largest absolute Gasteiger partial charge is 0.352 e. The van der Waals surface area contributed by atoms with Crippen molar-refractivity contribution in [1.82, 2.24) is 10.2 Å². The third kappa shape index (κ3) is 3.73. The second-order valence-corrected chi connectivity index (χ2v) is 7.90. The summed E-state index contributed by atoms with van der Waals surface area (Å²) in [7, 11) is 0. The Morgan fingerprint density at radius 1 is 0.880 bits per heavy atom. The maximum absolute atomic E-state index is 12.9. The first-order valence-electron chi connectivity index (χ1n) is 9.93. The van der Waals surface area contributed by atoms with E-state index in [9.17, 15) is 9.59 Å². The zero-order valence-corrected chi connectivity index (χ0v) is 14.9. The Labute approximate surface area is 150 Å². The molecule has 1 heterocycles. The number of carbonyl (C=O) groups excluding carboxylic acids is 2. The van der Waals surface area contributed by atoms with Crippen LogP contribution in [-0.2, 0) is 4.79 Å². The van der Waals surface area contributed by atoms with Gasteiger partial charge in [0.05, 0.1) is 0 Å². The molecule has 1 atom stereocenters. The van der Waals surface area contributed by atoms with E-state index in [0.717, 1.165) is 25.7 Å². The molecule has 25 heavy (non-hydrogen) atoms. The summed E-state index contributed by atoms with van der Waals surface area (Å²) >= 11 is 0. The third-order valence-corrected chi connectivity index (χ3v) is 5.97. The average molecular weight is 340 g/mol. The van der Waals surface area contributed by atoms with Crippen LogP contribution in [-0.4, -0.2) is 35.3 Å². The van der Waals surface area contributed by atoms with Crippen LogP contribution in [0.3, 0.4) is 0 Å². The van der Waals surface area contributed by atoms with Gasteiger partial charge in [-0.1, -0.05) is 31.4 Å². The molecule has 3 aliphatic rings. The third-order valence-electron chi connectivity index (χ3n) is 5.97. The van der Waals surface area contributed by atoms with Gasteiger partial charge < -0.3 is 10.2 Å². The molecule has 2 amide bonds. The van der Waals surface area contributed by atoms with Crippen molar-refractivity contribution >= 4 is 11.8 Å². The first-order chi connectivity index (χ1) is 12.2. The van der Waals surface area contributed by atoms with Crippen molar-refractivity contribution in [3.63, 3.8) is 0 Å². The van der Waals surface area contributed by atoms with E-state index in [1.807, 2.05) is 12.1 Å². The number of hydrogen-bond donors (Lipinski definition) is 1. The highest BCUT2D eigenvalue weighted by Crippen LogP contribution is 2.33. The molecule has 1 aromatic rings. The summed E-state index contributed by atoms with van der Waals surface area (Å²) in [4.78, 5) is 27.1. The highest BCUT2D eigenvalue weighted by atomic mass is 16.2. The summed E-state index contributed by atoms with van der Waals surface area (Å²) in [5, 5.41) is 3.05. The van der Waals surface area contributed by atoms with Gasteiger partial charge in [0.15, 0.2) is 0 Å². The Morgan fingerprint density at radius 2 is 1.60 bits per heavy atom. The fourth-order valence-corrected chi connectivity index (χ4v) is 4.31. The number of nitrogens with zero attached hydrogens (tertiary/aromatic N) is 1. The van der Waals surface area contributed by atoms with E-state index in [4.69, 9.17) is 0 Å². The van der Waals surface area contributed by atoms with Crippen LogP contribution in [0.4, 0.5) is 0 Å². The molecule has 4 nitrogen and oxygen atoms in total. The van der Waals surface area contributed by atoms with E-state index in [-0.39, 0.29) is 17.9 Å². The van der Waals surface area contributed by atoms with Crippen LogP contribution in [0, 0.1) is 0 Å². The molecule has 0 radical (unpaired) electrons. The first kappa shape index (κ1) is 16.6. The number of likely N-dealkylation sites (tertiary alicyclic amines) is 1. The zero-order chi connectivity index (χ0) is 17.2. The van der Waals surface area contributed by atoms with Gasteiger partial charge in [0.2, 0.25) is 5.91 Å². The molecular weight excluding hydrogens is 312 g/mol. The van der Waals surface area contributed by atoms with E-state index in [2.05, 4.69) is 17.4 Å². The van der Waals surface area contributed by atoms with Crippen molar-refractivity contribution < 1.29 is 9.59 Å². The quantitative estimate of drug-likeness (QED) is 0.910. The smallest absolute Gasteiger partial charge is 0.254 e. The molecule has 4 rings (SSSR count). The topological polar surface area (TPSA) is 49.4 Å². The molecule has 134 valence electrons. The minimum Gasteiger partial charge on any atom is -0.352 e. The van der Waals surface area contributed by atoms with Crippen LogP contribution < -0.4 is 5.32 Å². The lowest BCUT2D eigenvalue weighted by atomic mass is 9.84. The summed E-state index contributed by atoms with van der Waals surface area (Å²) in [5.41, 5.74) is 2.08. The molecule has 4 heteroatoms. The van der Waals surface area contributed by atoms with Gasteiger partial charge in [-0.15, -0.1) is 0 Å². The number of benzene rings is 1. The minimum atomic E-state index is -0.286. The van der Waals surface area contributed by atoms with Crippen molar-refractivity contribution in [2.45, 2.75) is 75.8 Å². The fourth-order valence-electron chi connectivity index (χ4n) is 4.31. The molecular formula is C21H28N2O2. The predicted octanol–water partition coefficient (Wildman–Crippen LogP) is 3.62. The molecule has 0 aromatic heterocycles. The lowest BCUT2D eigenvalue weighted by Crippen LogP contribution is -2.46. The monoisotopic (exact) mass is 340 g/mol. The van der Waals surface area contributed by atoms with Crippen LogP contribution in [0.5, 0.6) is 0 Å². The van der Waals surface area contributed by atoms with Gasteiger partial charge >= 0.3 is 0 Å². The fraction of sp³-hybridized carbons (Fsp3) is 0.619. The van der Waals surface area contributed by atoms with Crippen LogP contribution in [0.15, 0.2) is 24.3 Å². The summed E-state index contributed by atoms with van der Waals surface area (Å²) in [6, 6.07) is 8.23. The van der Waals surface area contributed by atoms with Crippen LogP contribution >= 0.6 is 0 Å². The summed E-state index contributed by atoms with van der Waals surface area (Å²) in [5.74, 6) is 0.692. The van der Waals surface area contributed by atoms with Crippen molar-refractivity contribution in [1.29, 1.82) is 0 Å². The SMILES string of the molecule is O=C(NC1CC1)C1CCCN1C(=O)c1ccc(C2CCCCC2)cc1. The molecule has 2 aliphatic carbocycles. The number of rotatable bonds is 4. The molecule has 1 aromatic carbocycles. The normalized spacial score (nSPS) is 24.3. The lowest BCUT2D eigenvalue weighted by Gasteiger charge is -2.25. The maximum atomic E-state index is 12.9. The van der Waals surface area contributed by atoms with Crippen LogP contribution in [0.1, 0.15) is 79.6 Å². The number of hydrogen-bond acceptors (Lipinski definition) is 2. The second kappa shape index (κ2) is 7.19. The van der Waals surface area contributed by atoms with Crippen LogP contribution in [0.2, 0.25) is 0 Å². The van der Waals surface area contributed by atoms with Crippen LogP contribution in [0.25, 0.3) is 0 Å². The molecule has 1 aliphatic heterocycles. The first-order valence-corrected chi connectivity index (χ1v) is 9.93. The van der Waals surface area contributed by atoms with Gasteiger partial charge in [0, 0.05) is 18.2 Å². The summed E-state index contributed by atoms with van der Waals surface area (Å²) < 4.78 is 0. The van der Waals surface area contributed by atoms with Gasteiger partial charge in [0.25, 0.3) is 5.91 Å². The molecule has 0 bridgehead atoms. The Kier molecular flexibility index (Phi) is 4.78. The van der Waals surface area contributed by atoms with Gasteiger partial charge in [-0.05, 0) is 62.1 Å². The van der Waals surface area contributed by atoms with Gasteiger partial charge in [-0.25, -0.2) is 0 Å². The Balaban J connectivity index is 1.43. The van der Waals surface area contributed by atoms with E-state index in [0.29, 0.717) is 24.1 Å². The zero-order valence-electron chi connectivity index (χ0n) is 14.9. The number of amides is 2. The van der Waals surface area contributed by atoms with E-state index in [1.54, 1.807) is 4.90 Å². The van der Waals surface area contributed by atoms with Crippen molar-refractivity contribution in [2.24, 2.45) is 0 Å². The van der Waals surface area contributed by atoms with Crippen molar-refractivity contribution in [3.05, 3.63) is 35.4 Å². The molecule has 0 spiro atoms. The van der Waals surface area contributed by atoms with Gasteiger partial charge in [-0.3, -0.25) is 9.59 Å². The predicted molar refractivity (Wildman–Crippen MR) is 97.5 cm³/mol. The highest BCUT2D eigenvalue weighted by molar-refractivity contribution is 5.98. The van der Waals surface area contributed by atoms with E-state index in [1.165, 1.54) is 37.7 Å². The molecule has 1 saturated heterocycles. The Bertz CT molecular complexity index is 630. The molecule has 3 fully saturated rings. The Morgan fingerprint density at radius 3 is 2.28 bits per heavy atom.